The van der Waals surface area contributed by atoms with E-state index < -0.39 is 11.6 Å². The molecule has 3 nitrogen and oxygen atoms in total. The average Bonchev–Trinajstić information content (AvgIpc) is 2.87. The molecule has 1 amide bonds. The third kappa shape index (κ3) is 3.01. The Kier molecular flexibility index (Phi) is 3.94. The molecule has 0 aromatic heterocycles. The highest BCUT2D eigenvalue weighted by molar-refractivity contribution is 8.00. The third-order valence-corrected chi connectivity index (χ3v) is 4.31. The van der Waals surface area contributed by atoms with Gasteiger partial charge in [0.25, 0.3) is 0 Å². The summed E-state index contributed by atoms with van der Waals surface area (Å²) in [7, 11) is 0. The van der Waals surface area contributed by atoms with Gasteiger partial charge in [0.05, 0.1) is 12.2 Å². The zero-order chi connectivity index (χ0) is 15.7. The molecule has 1 aliphatic heterocycles. The molecular weight excluding hydrogens is 308 g/mol. The molecule has 0 spiro atoms. The Hall–Kier alpha value is -2.21. The van der Waals surface area contributed by atoms with Crippen LogP contribution in [0.5, 0.6) is 0 Å². The molecule has 1 aliphatic rings. The summed E-state index contributed by atoms with van der Waals surface area (Å²) in [4.78, 5) is 23.9. The lowest BCUT2D eigenvalue weighted by molar-refractivity contribution is -0.115. The molecule has 3 rings (SSSR count). The second kappa shape index (κ2) is 5.88. The maximum absolute atomic E-state index is 13.1. The molecule has 0 atom stereocenters. The van der Waals surface area contributed by atoms with Gasteiger partial charge in [-0.25, -0.2) is 8.78 Å². The molecule has 112 valence electrons. The van der Waals surface area contributed by atoms with Crippen molar-refractivity contribution in [2.75, 3.05) is 11.1 Å². The van der Waals surface area contributed by atoms with E-state index in [1.165, 1.54) is 6.07 Å². The first-order chi connectivity index (χ1) is 10.5. The van der Waals surface area contributed by atoms with Crippen molar-refractivity contribution in [1.29, 1.82) is 0 Å². The van der Waals surface area contributed by atoms with Crippen LogP contribution in [0.25, 0.3) is 0 Å². The van der Waals surface area contributed by atoms with Crippen molar-refractivity contribution in [3.8, 4) is 0 Å². The summed E-state index contributed by atoms with van der Waals surface area (Å²) in [5, 5.41) is 2.70. The fraction of sp³-hybridized carbons (Fsp3) is 0.125. The summed E-state index contributed by atoms with van der Waals surface area (Å²) < 4.78 is 25.9. The van der Waals surface area contributed by atoms with Gasteiger partial charge in [-0.15, -0.1) is 11.8 Å². The Balaban J connectivity index is 1.68. The second-order valence-corrected chi connectivity index (χ2v) is 5.93. The van der Waals surface area contributed by atoms with E-state index in [0.717, 1.165) is 35.1 Å². The summed E-state index contributed by atoms with van der Waals surface area (Å²) >= 11 is 1.14. The van der Waals surface area contributed by atoms with Gasteiger partial charge in [0.15, 0.2) is 17.4 Å². The monoisotopic (exact) mass is 319 g/mol. The van der Waals surface area contributed by atoms with E-state index in [1.807, 2.05) is 0 Å². The molecule has 2 aromatic carbocycles. The van der Waals surface area contributed by atoms with Crippen molar-refractivity contribution in [2.45, 2.75) is 11.3 Å². The second-order valence-electron chi connectivity index (χ2n) is 4.88. The maximum atomic E-state index is 13.1. The molecular formula is C16H11F2NO2S. The first-order valence-electron chi connectivity index (χ1n) is 6.57. The molecule has 1 heterocycles. The van der Waals surface area contributed by atoms with Crippen LogP contribution in [0.4, 0.5) is 14.5 Å². The topological polar surface area (TPSA) is 46.2 Å². The molecule has 0 saturated carbocycles. The summed E-state index contributed by atoms with van der Waals surface area (Å²) in [5.74, 6) is -1.94. The van der Waals surface area contributed by atoms with E-state index in [2.05, 4.69) is 5.32 Å². The molecule has 0 fully saturated rings. The highest BCUT2D eigenvalue weighted by Gasteiger charge is 2.19. The fourth-order valence-corrected chi connectivity index (χ4v) is 3.02. The standard InChI is InChI=1S/C16H11F2NO2S/c17-12-3-2-11(7-13(12)18)22-8-15(20)9-1-4-14-10(5-9)6-16(21)19-14/h1-5,7H,6,8H2,(H,19,21). The Morgan fingerprint density at radius 1 is 1.14 bits per heavy atom. The van der Waals surface area contributed by atoms with Gasteiger partial charge in [0, 0.05) is 16.1 Å². The van der Waals surface area contributed by atoms with Crippen molar-refractivity contribution >= 4 is 29.1 Å². The summed E-state index contributed by atoms with van der Waals surface area (Å²) in [6.45, 7) is 0. The number of fused-ring (bicyclic) bond motifs is 1. The minimum atomic E-state index is -0.931. The number of thioether (sulfide) groups is 1. The first-order valence-corrected chi connectivity index (χ1v) is 7.55. The smallest absolute Gasteiger partial charge is 0.228 e. The van der Waals surface area contributed by atoms with Gasteiger partial charge in [-0.3, -0.25) is 9.59 Å². The molecule has 1 N–H and O–H groups in total. The van der Waals surface area contributed by atoms with Gasteiger partial charge in [0.1, 0.15) is 0 Å². The van der Waals surface area contributed by atoms with Crippen LogP contribution in [0, 0.1) is 11.6 Å². The van der Waals surface area contributed by atoms with Crippen LogP contribution in [-0.4, -0.2) is 17.4 Å². The lowest BCUT2D eigenvalue weighted by Gasteiger charge is -2.04. The number of ketones is 1. The molecule has 6 heteroatoms. The Morgan fingerprint density at radius 3 is 2.73 bits per heavy atom. The van der Waals surface area contributed by atoms with E-state index >= 15 is 0 Å². The molecule has 2 aromatic rings. The average molecular weight is 319 g/mol. The Morgan fingerprint density at radius 2 is 1.95 bits per heavy atom. The van der Waals surface area contributed by atoms with Crippen LogP contribution < -0.4 is 5.32 Å². The number of amides is 1. The SMILES string of the molecule is O=C1Cc2cc(C(=O)CSc3ccc(F)c(F)c3)ccc2N1. The van der Waals surface area contributed by atoms with Crippen LogP contribution in [0.15, 0.2) is 41.3 Å². The highest BCUT2D eigenvalue weighted by Crippen LogP contribution is 2.26. The predicted molar refractivity (Wildman–Crippen MR) is 80.2 cm³/mol. The van der Waals surface area contributed by atoms with Crippen LogP contribution >= 0.6 is 11.8 Å². The minimum absolute atomic E-state index is 0.0873. The van der Waals surface area contributed by atoms with Gasteiger partial charge >= 0.3 is 0 Å². The fourth-order valence-electron chi connectivity index (χ4n) is 2.20. The molecule has 0 unspecified atom stereocenters. The lowest BCUT2D eigenvalue weighted by atomic mass is 10.1. The number of carbonyl (C=O) groups excluding carboxylic acids is 2. The van der Waals surface area contributed by atoms with E-state index in [1.54, 1.807) is 18.2 Å². The van der Waals surface area contributed by atoms with E-state index in [0.29, 0.717) is 10.5 Å². The van der Waals surface area contributed by atoms with Gasteiger partial charge in [-0.05, 0) is 42.0 Å². The van der Waals surface area contributed by atoms with Gasteiger partial charge in [-0.2, -0.15) is 0 Å². The quantitative estimate of drug-likeness (QED) is 0.694. The summed E-state index contributed by atoms with van der Waals surface area (Å²) in [6, 6.07) is 8.59. The van der Waals surface area contributed by atoms with Crippen molar-refractivity contribution in [3.63, 3.8) is 0 Å². The Labute approximate surface area is 129 Å². The maximum Gasteiger partial charge on any atom is 0.228 e. The van der Waals surface area contributed by atoms with Gasteiger partial charge in [-0.1, -0.05) is 0 Å². The van der Waals surface area contributed by atoms with Crippen LogP contribution in [-0.2, 0) is 11.2 Å². The number of nitrogens with one attached hydrogen (secondary N) is 1. The molecule has 0 aliphatic carbocycles. The number of hydrogen-bond donors (Lipinski definition) is 1. The van der Waals surface area contributed by atoms with Gasteiger partial charge in [0.2, 0.25) is 5.91 Å². The largest absolute Gasteiger partial charge is 0.326 e. The number of Topliss-reactive ketones (excluding diaryl/α,β-unsaturated/α-hetero) is 1. The van der Waals surface area contributed by atoms with Crippen molar-refractivity contribution in [1.82, 2.24) is 0 Å². The van der Waals surface area contributed by atoms with Crippen LogP contribution in [0.1, 0.15) is 15.9 Å². The predicted octanol–water partition coefficient (Wildman–Crippen LogP) is 3.43. The van der Waals surface area contributed by atoms with Crippen molar-refractivity contribution < 1.29 is 18.4 Å². The Bertz CT molecular complexity index is 777. The minimum Gasteiger partial charge on any atom is -0.326 e. The van der Waals surface area contributed by atoms with Crippen molar-refractivity contribution in [3.05, 3.63) is 59.2 Å². The molecule has 0 radical (unpaired) electrons. The lowest BCUT2D eigenvalue weighted by Crippen LogP contribution is -2.03. The normalized spacial score (nSPS) is 12.9. The van der Waals surface area contributed by atoms with E-state index in [-0.39, 0.29) is 23.9 Å². The number of benzene rings is 2. The number of hydrogen-bond acceptors (Lipinski definition) is 3. The zero-order valence-corrected chi connectivity index (χ0v) is 12.2. The summed E-state index contributed by atoms with van der Waals surface area (Å²) in [6.07, 6.45) is 0.271. The third-order valence-electron chi connectivity index (χ3n) is 3.31. The zero-order valence-electron chi connectivity index (χ0n) is 11.4. The number of halogens is 2. The highest BCUT2D eigenvalue weighted by atomic mass is 32.2. The summed E-state index contributed by atoms with van der Waals surface area (Å²) in [5.41, 5.74) is 2.04. The van der Waals surface area contributed by atoms with E-state index in [4.69, 9.17) is 0 Å². The first kappa shape index (κ1) is 14.7. The number of anilines is 1. The van der Waals surface area contributed by atoms with Crippen molar-refractivity contribution in [2.24, 2.45) is 0 Å². The number of rotatable bonds is 4. The molecule has 22 heavy (non-hydrogen) atoms. The number of carbonyl (C=O) groups is 2. The molecule has 0 bridgehead atoms. The van der Waals surface area contributed by atoms with Crippen LogP contribution in [0.2, 0.25) is 0 Å². The van der Waals surface area contributed by atoms with E-state index in [9.17, 15) is 18.4 Å². The van der Waals surface area contributed by atoms with Crippen LogP contribution in [0.3, 0.4) is 0 Å². The molecule has 0 saturated heterocycles. The van der Waals surface area contributed by atoms with Gasteiger partial charge < -0.3 is 5.32 Å².